The van der Waals surface area contributed by atoms with Gasteiger partial charge in [-0.3, -0.25) is 0 Å². The average Bonchev–Trinajstić information content (AvgIpc) is 2.36. The maximum Gasteiger partial charge on any atom is 0.326 e. The summed E-state index contributed by atoms with van der Waals surface area (Å²) in [6, 6.07) is 8.36. The van der Waals surface area contributed by atoms with Crippen LogP contribution in [0.3, 0.4) is 0 Å². The molecule has 5 nitrogen and oxygen atoms in total. The highest BCUT2D eigenvalue weighted by atomic mass is 16.4. The minimum absolute atomic E-state index is 0.251. The summed E-state index contributed by atoms with van der Waals surface area (Å²) in [6.07, 6.45) is 3.43. The van der Waals surface area contributed by atoms with E-state index in [1.165, 1.54) is 0 Å². The molecule has 20 heavy (non-hydrogen) atoms. The molecule has 2 N–H and O–H groups in total. The van der Waals surface area contributed by atoms with Gasteiger partial charge in [0, 0.05) is 19.5 Å². The summed E-state index contributed by atoms with van der Waals surface area (Å²) < 4.78 is 0. The Balaban J connectivity index is 1.95. The van der Waals surface area contributed by atoms with Gasteiger partial charge in [-0.25, -0.2) is 9.59 Å². The summed E-state index contributed by atoms with van der Waals surface area (Å²) >= 11 is 0. The lowest BCUT2D eigenvalue weighted by molar-refractivity contribution is -0.139. The number of aliphatic carboxylic acids is 1. The van der Waals surface area contributed by atoms with Crippen LogP contribution in [-0.2, 0) is 11.2 Å². The van der Waals surface area contributed by atoms with Crippen LogP contribution in [0.2, 0.25) is 0 Å². The van der Waals surface area contributed by atoms with Gasteiger partial charge in [0.25, 0.3) is 0 Å². The molecule has 1 aromatic rings. The molecule has 0 radical (unpaired) electrons. The van der Waals surface area contributed by atoms with Crippen LogP contribution < -0.4 is 5.32 Å². The number of carbonyl (C=O) groups is 2. The number of hydrogen-bond donors (Lipinski definition) is 2. The lowest BCUT2D eigenvalue weighted by Gasteiger charge is -2.35. The summed E-state index contributed by atoms with van der Waals surface area (Å²) in [4.78, 5) is 24.9. The molecular formula is C15H20N2O3. The minimum atomic E-state index is -1.01. The predicted molar refractivity (Wildman–Crippen MR) is 75.5 cm³/mol. The van der Waals surface area contributed by atoms with Crippen molar-refractivity contribution >= 4 is 12.0 Å². The molecule has 1 saturated carbocycles. The van der Waals surface area contributed by atoms with E-state index in [1.54, 1.807) is 11.9 Å². The number of carboxylic acid groups (broad SMARTS) is 1. The zero-order valence-electron chi connectivity index (χ0n) is 11.6. The van der Waals surface area contributed by atoms with Crippen LogP contribution in [0.5, 0.6) is 0 Å². The van der Waals surface area contributed by atoms with Gasteiger partial charge in [0.2, 0.25) is 0 Å². The highest BCUT2D eigenvalue weighted by Crippen LogP contribution is 2.23. The number of nitrogens with zero attached hydrogens (tertiary/aromatic N) is 1. The van der Waals surface area contributed by atoms with Crippen molar-refractivity contribution in [2.24, 2.45) is 0 Å². The van der Waals surface area contributed by atoms with Crippen LogP contribution in [0.1, 0.15) is 24.8 Å². The molecule has 108 valence electrons. The normalized spacial score (nSPS) is 16.1. The third kappa shape index (κ3) is 3.50. The SMILES string of the molecule is CN(C(=O)NC(Cc1ccccc1)C(=O)O)C1CCC1. The average molecular weight is 276 g/mol. The zero-order chi connectivity index (χ0) is 14.5. The van der Waals surface area contributed by atoms with Crippen LogP contribution >= 0.6 is 0 Å². The molecule has 0 saturated heterocycles. The number of nitrogens with one attached hydrogen (secondary N) is 1. The summed E-state index contributed by atoms with van der Waals surface area (Å²) in [7, 11) is 1.72. The standard InChI is InChI=1S/C15H20N2O3/c1-17(12-8-5-9-12)15(20)16-13(14(18)19)10-11-6-3-2-4-7-11/h2-4,6-7,12-13H,5,8-10H2,1H3,(H,16,20)(H,18,19). The lowest BCUT2D eigenvalue weighted by atomic mass is 9.92. The molecule has 1 atom stereocenters. The molecule has 1 aromatic carbocycles. The van der Waals surface area contributed by atoms with E-state index in [2.05, 4.69) is 5.32 Å². The van der Waals surface area contributed by atoms with Crippen molar-refractivity contribution in [2.75, 3.05) is 7.05 Å². The number of rotatable bonds is 5. The molecular weight excluding hydrogens is 256 g/mol. The zero-order valence-corrected chi connectivity index (χ0v) is 11.6. The highest BCUT2D eigenvalue weighted by molar-refractivity contribution is 5.82. The van der Waals surface area contributed by atoms with Crippen molar-refractivity contribution in [3.63, 3.8) is 0 Å². The van der Waals surface area contributed by atoms with Crippen molar-refractivity contribution < 1.29 is 14.7 Å². The molecule has 1 aliphatic carbocycles. The van der Waals surface area contributed by atoms with Crippen LogP contribution in [0.25, 0.3) is 0 Å². The Morgan fingerprint density at radius 2 is 2.00 bits per heavy atom. The molecule has 0 spiro atoms. The van der Waals surface area contributed by atoms with Gasteiger partial charge in [0.1, 0.15) is 6.04 Å². The largest absolute Gasteiger partial charge is 0.480 e. The van der Waals surface area contributed by atoms with Gasteiger partial charge in [-0.2, -0.15) is 0 Å². The van der Waals surface area contributed by atoms with Crippen molar-refractivity contribution in [2.45, 2.75) is 37.8 Å². The Labute approximate surface area is 118 Å². The molecule has 1 unspecified atom stereocenters. The summed E-state index contributed by atoms with van der Waals surface area (Å²) in [5.74, 6) is -1.01. The van der Waals surface area contributed by atoms with Gasteiger partial charge in [-0.15, -0.1) is 0 Å². The van der Waals surface area contributed by atoms with Crippen molar-refractivity contribution in [1.29, 1.82) is 0 Å². The number of carboxylic acids is 1. The maximum atomic E-state index is 12.0. The number of hydrogen-bond acceptors (Lipinski definition) is 2. The third-order valence-electron chi connectivity index (χ3n) is 3.82. The molecule has 1 fully saturated rings. The fraction of sp³-hybridized carbons (Fsp3) is 0.467. The number of carbonyl (C=O) groups excluding carboxylic acids is 1. The molecule has 1 aliphatic rings. The maximum absolute atomic E-state index is 12.0. The summed E-state index contributed by atoms with van der Waals surface area (Å²) in [6.45, 7) is 0. The molecule has 2 amide bonds. The predicted octanol–water partition coefficient (Wildman–Crippen LogP) is 1.88. The van der Waals surface area contributed by atoms with E-state index in [4.69, 9.17) is 0 Å². The molecule has 5 heteroatoms. The topological polar surface area (TPSA) is 69.6 Å². The van der Waals surface area contributed by atoms with E-state index in [1.807, 2.05) is 30.3 Å². The van der Waals surface area contributed by atoms with Gasteiger partial charge in [-0.1, -0.05) is 30.3 Å². The van der Waals surface area contributed by atoms with Crippen LogP contribution in [0.15, 0.2) is 30.3 Å². The second-order valence-corrected chi connectivity index (χ2v) is 5.23. The molecule has 0 aromatic heterocycles. The van der Waals surface area contributed by atoms with Crippen molar-refractivity contribution in [3.8, 4) is 0 Å². The Hall–Kier alpha value is -2.04. The van der Waals surface area contributed by atoms with Crippen molar-refractivity contribution in [3.05, 3.63) is 35.9 Å². The van der Waals surface area contributed by atoms with Crippen LogP contribution in [-0.4, -0.2) is 41.1 Å². The van der Waals surface area contributed by atoms with Gasteiger partial charge in [0.15, 0.2) is 0 Å². The van der Waals surface area contributed by atoms with Gasteiger partial charge in [-0.05, 0) is 24.8 Å². The highest BCUT2D eigenvalue weighted by Gasteiger charge is 2.28. The summed E-state index contributed by atoms with van der Waals surface area (Å²) in [5.41, 5.74) is 0.895. The van der Waals surface area contributed by atoms with E-state index in [0.717, 1.165) is 24.8 Å². The Morgan fingerprint density at radius 3 is 2.50 bits per heavy atom. The van der Waals surface area contributed by atoms with Gasteiger partial charge >= 0.3 is 12.0 Å². The fourth-order valence-electron chi connectivity index (χ4n) is 2.24. The quantitative estimate of drug-likeness (QED) is 0.862. The lowest BCUT2D eigenvalue weighted by Crippen LogP contribution is -2.52. The second-order valence-electron chi connectivity index (χ2n) is 5.23. The molecule has 0 aliphatic heterocycles. The van der Waals surface area contributed by atoms with Crippen molar-refractivity contribution in [1.82, 2.24) is 10.2 Å². The van der Waals surface area contributed by atoms with E-state index in [0.29, 0.717) is 6.42 Å². The monoisotopic (exact) mass is 276 g/mol. The first kappa shape index (κ1) is 14.4. The Kier molecular flexibility index (Phi) is 4.61. The molecule has 0 bridgehead atoms. The number of urea groups is 1. The van der Waals surface area contributed by atoms with E-state index in [9.17, 15) is 14.7 Å². The third-order valence-corrected chi connectivity index (χ3v) is 3.82. The van der Waals surface area contributed by atoms with E-state index >= 15 is 0 Å². The Morgan fingerprint density at radius 1 is 1.35 bits per heavy atom. The summed E-state index contributed by atoms with van der Waals surface area (Å²) in [5, 5.41) is 11.8. The second kappa shape index (κ2) is 6.41. The molecule has 2 rings (SSSR count). The van der Waals surface area contributed by atoms with Gasteiger partial charge in [0.05, 0.1) is 0 Å². The van der Waals surface area contributed by atoms with E-state index < -0.39 is 12.0 Å². The first-order valence-corrected chi connectivity index (χ1v) is 6.88. The minimum Gasteiger partial charge on any atom is -0.480 e. The smallest absolute Gasteiger partial charge is 0.326 e. The van der Waals surface area contributed by atoms with Gasteiger partial charge < -0.3 is 15.3 Å². The van der Waals surface area contributed by atoms with Crippen LogP contribution in [0.4, 0.5) is 4.79 Å². The van der Waals surface area contributed by atoms with E-state index in [-0.39, 0.29) is 12.1 Å². The number of amides is 2. The fourth-order valence-corrected chi connectivity index (χ4v) is 2.24. The number of benzene rings is 1. The first-order valence-electron chi connectivity index (χ1n) is 6.88. The molecule has 0 heterocycles. The Bertz CT molecular complexity index is 471. The first-order chi connectivity index (χ1) is 9.58. The van der Waals surface area contributed by atoms with Crippen LogP contribution in [0, 0.1) is 0 Å².